The maximum atomic E-state index is 5.40. The normalized spacial score (nSPS) is 14.8. The number of nitrogens with zero attached hydrogens (tertiary/aromatic N) is 4. The smallest absolute Gasteiger partial charge is 0.163 e. The molecule has 0 fully saturated rings. The van der Waals surface area contributed by atoms with Crippen LogP contribution in [0.4, 0.5) is 0 Å². The molecule has 2 aliphatic rings. The molecular formula is C52H36N4S. The monoisotopic (exact) mass is 748 g/mol. The molecule has 9 aromatic rings. The number of fused-ring (bicyclic) bond motifs is 6. The Hall–Kier alpha value is -6.82. The summed E-state index contributed by atoms with van der Waals surface area (Å²) in [6, 6.07) is 49.9. The third-order valence-electron chi connectivity index (χ3n) is 11.3. The molecule has 0 aliphatic heterocycles. The van der Waals surface area contributed by atoms with Crippen molar-refractivity contribution in [3.05, 3.63) is 187 Å². The van der Waals surface area contributed by atoms with E-state index in [-0.39, 0.29) is 5.92 Å². The molecule has 6 aromatic carbocycles. The molecule has 0 spiro atoms. The summed E-state index contributed by atoms with van der Waals surface area (Å²) in [4.78, 5) is 20.5. The van der Waals surface area contributed by atoms with Crippen LogP contribution in [-0.2, 0) is 6.42 Å². The molecule has 2 aliphatic carbocycles. The first-order valence-electron chi connectivity index (χ1n) is 19.6. The van der Waals surface area contributed by atoms with Gasteiger partial charge < -0.3 is 0 Å². The Labute approximate surface area is 335 Å². The second-order valence-corrected chi connectivity index (χ2v) is 15.9. The van der Waals surface area contributed by atoms with Crippen molar-refractivity contribution in [2.75, 3.05) is 0 Å². The summed E-state index contributed by atoms with van der Waals surface area (Å²) in [5, 5.41) is 3.73. The van der Waals surface area contributed by atoms with Gasteiger partial charge in [-0.25, -0.2) is 19.9 Å². The Bertz CT molecular complexity index is 3090. The Morgan fingerprint density at radius 3 is 2.02 bits per heavy atom. The molecule has 1 atom stereocenters. The van der Waals surface area contributed by atoms with Crippen molar-refractivity contribution in [1.29, 1.82) is 0 Å². The maximum absolute atomic E-state index is 5.40. The van der Waals surface area contributed by atoms with Gasteiger partial charge in [-0.15, -0.1) is 11.3 Å². The number of hydrogen-bond acceptors (Lipinski definition) is 5. The van der Waals surface area contributed by atoms with Crippen LogP contribution < -0.4 is 0 Å². The van der Waals surface area contributed by atoms with E-state index < -0.39 is 0 Å². The van der Waals surface area contributed by atoms with Crippen LogP contribution in [0.15, 0.2) is 170 Å². The van der Waals surface area contributed by atoms with Crippen molar-refractivity contribution in [2.24, 2.45) is 0 Å². The Morgan fingerprint density at radius 2 is 1.23 bits per heavy atom. The summed E-state index contributed by atoms with van der Waals surface area (Å²) in [6.45, 7) is 0. The summed E-state index contributed by atoms with van der Waals surface area (Å²) in [7, 11) is 0. The average Bonchev–Trinajstić information content (AvgIpc) is 3.67. The van der Waals surface area contributed by atoms with Crippen molar-refractivity contribution in [1.82, 2.24) is 19.9 Å². The summed E-state index contributed by atoms with van der Waals surface area (Å²) < 4.78 is 2.54. The molecule has 0 bridgehead atoms. The molecule has 5 heteroatoms. The lowest BCUT2D eigenvalue weighted by Gasteiger charge is -2.19. The number of thiophene rings is 1. The van der Waals surface area contributed by atoms with Crippen LogP contribution in [0, 0.1) is 0 Å². The van der Waals surface area contributed by atoms with Gasteiger partial charge in [0.15, 0.2) is 11.6 Å². The second kappa shape index (κ2) is 14.0. The Balaban J connectivity index is 1.09. The van der Waals surface area contributed by atoms with Crippen LogP contribution in [-0.4, -0.2) is 19.9 Å². The molecule has 11 rings (SSSR count). The van der Waals surface area contributed by atoms with Gasteiger partial charge in [0.1, 0.15) is 5.82 Å². The molecule has 3 aromatic heterocycles. The van der Waals surface area contributed by atoms with Crippen molar-refractivity contribution in [2.45, 2.75) is 25.2 Å². The standard InChI is InChI=1S/C52H36N4S/c1-4-14-33(15-5-1)38-28-29-47-44(30-38)45-32-39(48-42-22-11-10-20-40(42)41-21-12-13-23-46(41)53-48)31-43(49(45)57-47)34-24-26-37(27-25-34)52-55-50(35-16-6-2-7-17-35)54-51(56-52)36-18-8-3-9-19-36/h1-10,12-18,20-21,23-32,36H,11,19,22H2. The highest BCUT2D eigenvalue weighted by atomic mass is 32.1. The van der Waals surface area contributed by atoms with Gasteiger partial charge in [0.05, 0.1) is 11.2 Å². The van der Waals surface area contributed by atoms with Gasteiger partial charge in [-0.2, -0.15) is 0 Å². The lowest BCUT2D eigenvalue weighted by molar-refractivity contribution is 0.764. The van der Waals surface area contributed by atoms with E-state index in [1.807, 2.05) is 29.5 Å². The largest absolute Gasteiger partial charge is 0.247 e. The molecule has 57 heavy (non-hydrogen) atoms. The van der Waals surface area contributed by atoms with Crippen LogP contribution in [0.5, 0.6) is 0 Å². The first-order chi connectivity index (χ1) is 28.2. The lowest BCUT2D eigenvalue weighted by Crippen LogP contribution is -2.07. The van der Waals surface area contributed by atoms with Crippen LogP contribution in [0.1, 0.15) is 35.7 Å². The van der Waals surface area contributed by atoms with E-state index in [9.17, 15) is 0 Å². The quantitative estimate of drug-likeness (QED) is 0.170. The minimum Gasteiger partial charge on any atom is -0.247 e. The van der Waals surface area contributed by atoms with E-state index in [2.05, 4.69) is 158 Å². The fourth-order valence-electron chi connectivity index (χ4n) is 8.40. The molecule has 1 unspecified atom stereocenters. The lowest BCUT2D eigenvalue weighted by atomic mass is 9.89. The topological polar surface area (TPSA) is 51.6 Å². The fraction of sp³-hybridized carbons (Fsp3) is 0.0769. The van der Waals surface area contributed by atoms with E-state index in [4.69, 9.17) is 19.9 Å². The van der Waals surface area contributed by atoms with Crippen LogP contribution in [0.3, 0.4) is 0 Å². The molecule has 0 saturated heterocycles. The molecule has 4 nitrogen and oxygen atoms in total. The van der Waals surface area contributed by atoms with Gasteiger partial charge in [-0.3, -0.25) is 0 Å². The van der Waals surface area contributed by atoms with E-state index in [0.717, 1.165) is 58.6 Å². The van der Waals surface area contributed by atoms with E-state index in [1.54, 1.807) is 0 Å². The number of benzene rings is 6. The zero-order chi connectivity index (χ0) is 37.7. The van der Waals surface area contributed by atoms with Crippen LogP contribution in [0.2, 0.25) is 0 Å². The van der Waals surface area contributed by atoms with Gasteiger partial charge in [0.25, 0.3) is 0 Å². The van der Waals surface area contributed by atoms with Crippen molar-refractivity contribution in [3.63, 3.8) is 0 Å². The predicted molar refractivity (Wildman–Crippen MR) is 238 cm³/mol. The van der Waals surface area contributed by atoms with Crippen molar-refractivity contribution >= 4 is 48.5 Å². The Morgan fingerprint density at radius 1 is 0.526 bits per heavy atom. The first kappa shape index (κ1) is 33.5. The molecule has 0 amide bonds. The van der Waals surface area contributed by atoms with Gasteiger partial charge in [0.2, 0.25) is 0 Å². The van der Waals surface area contributed by atoms with Crippen molar-refractivity contribution < 1.29 is 0 Å². The van der Waals surface area contributed by atoms with E-state index >= 15 is 0 Å². The van der Waals surface area contributed by atoms with Crippen molar-refractivity contribution in [3.8, 4) is 56.3 Å². The maximum Gasteiger partial charge on any atom is 0.163 e. The number of aromatic nitrogens is 4. The summed E-state index contributed by atoms with van der Waals surface area (Å²) >= 11 is 1.86. The third kappa shape index (κ3) is 6.08. The van der Waals surface area contributed by atoms with Gasteiger partial charge in [-0.1, -0.05) is 146 Å². The van der Waals surface area contributed by atoms with E-state index in [1.165, 1.54) is 53.4 Å². The molecule has 270 valence electrons. The number of hydrogen-bond donors (Lipinski definition) is 0. The second-order valence-electron chi connectivity index (χ2n) is 14.8. The van der Waals surface area contributed by atoms with Gasteiger partial charge in [0, 0.05) is 53.7 Å². The zero-order valence-electron chi connectivity index (χ0n) is 31.1. The minimum atomic E-state index is 0.106. The van der Waals surface area contributed by atoms with Gasteiger partial charge >= 0.3 is 0 Å². The predicted octanol–water partition coefficient (Wildman–Crippen LogP) is 13.7. The number of rotatable bonds is 6. The zero-order valence-corrected chi connectivity index (χ0v) is 32.0. The fourth-order valence-corrected chi connectivity index (χ4v) is 9.60. The van der Waals surface area contributed by atoms with Crippen LogP contribution >= 0.6 is 11.3 Å². The molecule has 0 N–H and O–H groups in total. The highest BCUT2D eigenvalue weighted by molar-refractivity contribution is 7.26. The highest BCUT2D eigenvalue weighted by Crippen LogP contribution is 2.45. The summed E-state index contributed by atoms with van der Waals surface area (Å²) in [6.07, 6.45) is 16.0. The van der Waals surface area contributed by atoms with Crippen LogP contribution in [0.25, 0.3) is 93.4 Å². The van der Waals surface area contributed by atoms with E-state index in [0.29, 0.717) is 11.6 Å². The average molecular weight is 749 g/mol. The number of para-hydroxylation sites is 1. The summed E-state index contributed by atoms with van der Waals surface area (Å²) in [5.41, 5.74) is 12.6. The molecular weight excluding hydrogens is 713 g/mol. The Kier molecular flexibility index (Phi) is 8.25. The molecule has 0 radical (unpaired) electrons. The third-order valence-corrected chi connectivity index (χ3v) is 12.5. The molecule has 3 heterocycles. The number of allylic oxidation sites excluding steroid dienone is 5. The summed E-state index contributed by atoms with van der Waals surface area (Å²) in [5.74, 6) is 2.27. The highest BCUT2D eigenvalue weighted by Gasteiger charge is 2.21. The minimum absolute atomic E-state index is 0.106. The SMILES string of the molecule is C1=CCC(c2nc(-c3ccccc3)nc(-c3ccc(-c4cc(-c5nc6ccccc6c6c5CCC=C6)cc5c4sc4ccc(-c6ccccc6)cc45)cc3)n2)C=C1. The first-order valence-corrected chi connectivity index (χ1v) is 20.4. The van der Waals surface area contributed by atoms with Gasteiger partial charge in [-0.05, 0) is 77.4 Å². The number of pyridine rings is 1. The molecule has 0 saturated carbocycles.